The molecule has 0 aliphatic rings. The Morgan fingerprint density at radius 3 is 2.71 bits per heavy atom. The number of aromatic nitrogens is 4. The molecule has 3 heterocycles. The first-order valence-corrected chi connectivity index (χ1v) is 9.81. The van der Waals surface area contributed by atoms with Crippen LogP contribution in [0.3, 0.4) is 0 Å². The summed E-state index contributed by atoms with van der Waals surface area (Å²) in [5.41, 5.74) is 4.18. The number of aryl methyl sites for hydroxylation is 1. The van der Waals surface area contributed by atoms with Crippen LogP contribution in [0.5, 0.6) is 0 Å². The van der Waals surface area contributed by atoms with Crippen molar-refractivity contribution < 1.29 is 4.79 Å². The lowest BCUT2D eigenvalue weighted by Crippen LogP contribution is -2.39. The maximum Gasteiger partial charge on any atom is 0.217 e. The van der Waals surface area contributed by atoms with E-state index in [2.05, 4.69) is 21.7 Å². The van der Waals surface area contributed by atoms with Crippen LogP contribution in [0.25, 0.3) is 32.0 Å². The van der Waals surface area contributed by atoms with Gasteiger partial charge in [0.2, 0.25) is 5.91 Å². The quantitative estimate of drug-likeness (QED) is 0.552. The van der Waals surface area contributed by atoms with Crippen LogP contribution in [0.4, 0.5) is 5.82 Å². The first kappa shape index (κ1) is 18.4. The second-order valence-corrected chi connectivity index (χ2v) is 8.30. The summed E-state index contributed by atoms with van der Waals surface area (Å²) < 4.78 is 1.97. The Morgan fingerprint density at radius 2 is 2.00 bits per heavy atom. The molecule has 0 aliphatic carbocycles. The summed E-state index contributed by atoms with van der Waals surface area (Å²) in [6.45, 7) is 5.51. The molecule has 4 aromatic rings. The van der Waals surface area contributed by atoms with Crippen molar-refractivity contribution in [1.82, 2.24) is 24.8 Å². The van der Waals surface area contributed by atoms with Crippen LogP contribution >= 0.6 is 11.3 Å². The lowest BCUT2D eigenvalue weighted by molar-refractivity contribution is -0.120. The fourth-order valence-electron chi connectivity index (χ4n) is 3.43. The van der Waals surface area contributed by atoms with Crippen LogP contribution in [-0.4, -0.2) is 32.5 Å². The zero-order valence-electron chi connectivity index (χ0n) is 16.5. The number of carbonyl (C=O) groups excluding carboxylic acids is 1. The third kappa shape index (κ3) is 2.99. The van der Waals surface area contributed by atoms with Crippen molar-refractivity contribution in [2.75, 3.05) is 12.4 Å². The van der Waals surface area contributed by atoms with E-state index in [0.717, 1.165) is 43.3 Å². The lowest BCUT2D eigenvalue weighted by Gasteiger charge is -2.26. The van der Waals surface area contributed by atoms with Crippen LogP contribution in [0, 0.1) is 0 Å². The Bertz CT molecular complexity index is 1210. The number of hydrogen-bond donors (Lipinski definition) is 2. The van der Waals surface area contributed by atoms with Crippen molar-refractivity contribution in [2.45, 2.75) is 26.3 Å². The maximum absolute atomic E-state index is 11.6. The van der Waals surface area contributed by atoms with Gasteiger partial charge in [0, 0.05) is 26.6 Å². The van der Waals surface area contributed by atoms with E-state index < -0.39 is 5.54 Å². The number of benzene rings is 1. The van der Waals surface area contributed by atoms with E-state index in [1.807, 2.05) is 50.7 Å². The van der Waals surface area contributed by atoms with E-state index in [1.165, 1.54) is 6.92 Å². The third-order valence-electron chi connectivity index (χ3n) is 4.76. The largest absolute Gasteiger partial charge is 0.371 e. The van der Waals surface area contributed by atoms with Gasteiger partial charge in [0.1, 0.15) is 26.4 Å². The lowest BCUT2D eigenvalue weighted by atomic mass is 9.93. The van der Waals surface area contributed by atoms with Crippen LogP contribution in [0.15, 0.2) is 30.6 Å². The molecular weight excluding hydrogens is 372 g/mol. The highest BCUT2D eigenvalue weighted by Crippen LogP contribution is 2.36. The van der Waals surface area contributed by atoms with E-state index in [0.29, 0.717) is 0 Å². The Balaban J connectivity index is 1.86. The van der Waals surface area contributed by atoms with Crippen molar-refractivity contribution in [3.05, 3.63) is 36.2 Å². The van der Waals surface area contributed by atoms with Crippen LogP contribution in [0.2, 0.25) is 0 Å². The summed E-state index contributed by atoms with van der Waals surface area (Å²) in [4.78, 5) is 26.5. The number of fused-ring (bicyclic) bond motifs is 3. The van der Waals surface area contributed by atoms with E-state index >= 15 is 0 Å². The van der Waals surface area contributed by atoms with Gasteiger partial charge in [-0.05, 0) is 25.5 Å². The molecule has 0 radical (unpaired) electrons. The van der Waals surface area contributed by atoms with Gasteiger partial charge >= 0.3 is 0 Å². The molecule has 0 unspecified atom stereocenters. The second-order valence-electron chi connectivity index (χ2n) is 7.32. The van der Waals surface area contributed by atoms with Gasteiger partial charge in [-0.2, -0.15) is 0 Å². The zero-order chi connectivity index (χ0) is 20.1. The predicted octanol–water partition coefficient (Wildman–Crippen LogP) is 3.66. The Morgan fingerprint density at radius 1 is 1.21 bits per heavy atom. The molecule has 2 N–H and O–H groups in total. The summed E-state index contributed by atoms with van der Waals surface area (Å²) in [5, 5.41) is 7.01. The SMILES string of the molecule is CNc1nc2sc(-c3cccc(C(C)(C)NC(C)=O)c3)nc2c2c1ncn2C. The number of thiazole rings is 1. The fourth-order valence-corrected chi connectivity index (χ4v) is 4.37. The summed E-state index contributed by atoms with van der Waals surface area (Å²) in [6.07, 6.45) is 1.78. The van der Waals surface area contributed by atoms with Crippen molar-refractivity contribution in [3.8, 4) is 10.6 Å². The predicted molar refractivity (Wildman–Crippen MR) is 114 cm³/mol. The average Bonchev–Trinajstić information content (AvgIpc) is 3.23. The van der Waals surface area contributed by atoms with Crippen LogP contribution < -0.4 is 10.6 Å². The summed E-state index contributed by atoms with van der Waals surface area (Å²) in [6, 6.07) is 8.12. The molecule has 4 rings (SSSR count). The molecule has 0 atom stereocenters. The number of nitrogens with one attached hydrogen (secondary N) is 2. The summed E-state index contributed by atoms with van der Waals surface area (Å²) in [7, 11) is 3.81. The molecule has 8 heteroatoms. The molecule has 144 valence electrons. The van der Waals surface area contributed by atoms with E-state index in [-0.39, 0.29) is 5.91 Å². The Kier molecular flexibility index (Phi) is 4.30. The number of rotatable bonds is 4. The smallest absolute Gasteiger partial charge is 0.217 e. The molecule has 3 aromatic heterocycles. The average molecular weight is 395 g/mol. The molecule has 1 aromatic carbocycles. The standard InChI is InChI=1S/C20H22N6OS/c1-11(27)25-20(2,3)13-8-6-7-12(9-13)18-23-15-16-14(22-10-26(16)5)17(21-4)24-19(15)28-18/h6-10H,1-5H3,(H,21,24)(H,25,27). The second kappa shape index (κ2) is 6.56. The molecule has 1 amide bonds. The summed E-state index contributed by atoms with van der Waals surface area (Å²) in [5.74, 6) is 0.691. The first-order chi connectivity index (χ1) is 13.3. The number of carbonyl (C=O) groups is 1. The fraction of sp³-hybridized carbons (Fsp3) is 0.300. The van der Waals surface area contributed by atoms with Crippen molar-refractivity contribution in [1.29, 1.82) is 0 Å². The molecule has 0 saturated carbocycles. The number of pyridine rings is 1. The van der Waals surface area contributed by atoms with Crippen molar-refractivity contribution in [2.24, 2.45) is 7.05 Å². The van der Waals surface area contributed by atoms with Crippen LogP contribution in [0.1, 0.15) is 26.3 Å². The summed E-state index contributed by atoms with van der Waals surface area (Å²) >= 11 is 1.55. The minimum atomic E-state index is -0.467. The topological polar surface area (TPSA) is 84.7 Å². The Labute approximate surface area is 166 Å². The van der Waals surface area contributed by atoms with Gasteiger partial charge in [0.15, 0.2) is 5.82 Å². The first-order valence-electron chi connectivity index (χ1n) is 8.99. The number of anilines is 1. The van der Waals surface area contributed by atoms with E-state index in [4.69, 9.17) is 9.97 Å². The molecule has 0 aliphatic heterocycles. The van der Waals surface area contributed by atoms with Gasteiger partial charge in [0.05, 0.1) is 11.9 Å². The molecule has 0 saturated heterocycles. The molecule has 0 fully saturated rings. The van der Waals surface area contributed by atoms with Gasteiger partial charge in [-0.25, -0.2) is 15.0 Å². The molecule has 0 spiro atoms. The highest BCUT2D eigenvalue weighted by Gasteiger charge is 2.23. The normalized spacial score (nSPS) is 11.9. The number of amides is 1. The monoisotopic (exact) mass is 394 g/mol. The minimum Gasteiger partial charge on any atom is -0.371 e. The van der Waals surface area contributed by atoms with Gasteiger partial charge in [-0.1, -0.05) is 29.5 Å². The number of hydrogen-bond acceptors (Lipinski definition) is 6. The van der Waals surface area contributed by atoms with Crippen molar-refractivity contribution in [3.63, 3.8) is 0 Å². The van der Waals surface area contributed by atoms with E-state index in [1.54, 1.807) is 17.7 Å². The Hall–Kier alpha value is -3.00. The zero-order valence-corrected chi connectivity index (χ0v) is 17.3. The molecular formula is C20H22N6OS. The molecule has 0 bridgehead atoms. The number of nitrogens with zero attached hydrogens (tertiary/aromatic N) is 4. The molecule has 28 heavy (non-hydrogen) atoms. The van der Waals surface area contributed by atoms with Gasteiger partial charge in [-0.15, -0.1) is 0 Å². The third-order valence-corrected chi connectivity index (χ3v) is 5.76. The highest BCUT2D eigenvalue weighted by atomic mass is 32.1. The van der Waals surface area contributed by atoms with Gasteiger partial charge < -0.3 is 15.2 Å². The van der Waals surface area contributed by atoms with Gasteiger partial charge in [-0.3, -0.25) is 4.79 Å². The molecule has 7 nitrogen and oxygen atoms in total. The minimum absolute atomic E-state index is 0.0576. The number of imidazole rings is 1. The maximum atomic E-state index is 11.6. The van der Waals surface area contributed by atoms with E-state index in [9.17, 15) is 4.79 Å². The van der Waals surface area contributed by atoms with Crippen LogP contribution in [-0.2, 0) is 17.4 Å². The highest BCUT2D eigenvalue weighted by molar-refractivity contribution is 7.21. The van der Waals surface area contributed by atoms with Gasteiger partial charge in [0.25, 0.3) is 0 Å². The van der Waals surface area contributed by atoms with Crippen molar-refractivity contribution >= 4 is 44.4 Å².